The highest BCUT2D eigenvalue weighted by atomic mass is 32.2. The van der Waals surface area contributed by atoms with E-state index in [0.717, 1.165) is 25.3 Å². The summed E-state index contributed by atoms with van der Waals surface area (Å²) in [5.41, 5.74) is -5.61. The summed E-state index contributed by atoms with van der Waals surface area (Å²) in [6.07, 6.45) is -4.15. The third-order valence-electron chi connectivity index (χ3n) is 8.89. The number of amides is 2. The average molecular weight is 753 g/mol. The predicted molar refractivity (Wildman–Crippen MR) is 182 cm³/mol. The number of nitrogens with zero attached hydrogens (tertiary/aromatic N) is 5. The minimum Gasteiger partial charge on any atom is -0.477 e. The molecule has 2 amide bonds. The van der Waals surface area contributed by atoms with Crippen LogP contribution in [0.2, 0.25) is 0 Å². The molecule has 0 unspecified atom stereocenters. The molecular weight excluding hydrogens is 712 g/mol. The first-order valence-corrected chi connectivity index (χ1v) is 18.6. The zero-order valence-electron chi connectivity index (χ0n) is 29.9. The van der Waals surface area contributed by atoms with Crippen LogP contribution in [0.3, 0.4) is 0 Å². The van der Waals surface area contributed by atoms with Crippen molar-refractivity contribution in [3.8, 4) is 17.1 Å². The molecule has 0 spiro atoms. The molecule has 2 saturated heterocycles. The van der Waals surface area contributed by atoms with Crippen molar-refractivity contribution in [2.24, 2.45) is 0 Å². The molecule has 282 valence electrons. The highest BCUT2D eigenvalue weighted by molar-refractivity contribution is 7.90. The van der Waals surface area contributed by atoms with E-state index < -0.39 is 78.8 Å². The molecule has 3 aliphatic heterocycles. The first kappa shape index (κ1) is 37.3. The Morgan fingerprint density at radius 3 is 2.25 bits per heavy atom. The number of aryl methyl sites for hydroxylation is 1. The molecule has 0 aliphatic carbocycles. The monoisotopic (exact) mass is 752 g/mol. The van der Waals surface area contributed by atoms with Crippen LogP contribution < -0.4 is 15.0 Å². The maximum Gasteiger partial charge on any atom is 0.417 e. The Morgan fingerprint density at radius 2 is 1.63 bits per heavy atom. The van der Waals surface area contributed by atoms with Crippen molar-refractivity contribution in [2.75, 3.05) is 29.6 Å². The summed E-state index contributed by atoms with van der Waals surface area (Å²) >= 11 is 0. The van der Waals surface area contributed by atoms with E-state index in [4.69, 9.17) is 14.2 Å². The predicted octanol–water partition coefficient (Wildman–Crippen LogP) is 6.65. The summed E-state index contributed by atoms with van der Waals surface area (Å²) in [4.78, 5) is 42.1. The topological polar surface area (TPSA) is 153 Å². The second-order valence-corrected chi connectivity index (χ2v) is 17.2. The lowest BCUT2D eigenvalue weighted by molar-refractivity contribution is -0.137. The molecule has 3 aromatic rings. The van der Waals surface area contributed by atoms with Gasteiger partial charge in [-0.25, -0.2) is 37.3 Å². The molecule has 1 aromatic carbocycles. The van der Waals surface area contributed by atoms with E-state index in [2.05, 4.69) is 20.3 Å². The number of pyridine rings is 1. The lowest BCUT2D eigenvalue weighted by atomic mass is 9.96. The molecule has 2 aromatic heterocycles. The lowest BCUT2D eigenvalue weighted by Crippen LogP contribution is -2.62. The Hall–Kier alpha value is -4.48. The number of carbonyl (C=O) groups excluding carboxylic acids is 2. The smallest absolute Gasteiger partial charge is 0.417 e. The molecule has 3 aliphatic rings. The number of anilines is 2. The Kier molecular flexibility index (Phi) is 9.02. The maximum atomic E-state index is 16.9. The molecule has 6 rings (SSSR count). The van der Waals surface area contributed by atoms with E-state index in [1.807, 2.05) is 0 Å². The highest BCUT2D eigenvalue weighted by Crippen LogP contribution is 2.47. The van der Waals surface area contributed by atoms with Crippen LogP contribution in [-0.4, -0.2) is 89.2 Å². The Balaban J connectivity index is 1.55. The number of ether oxygens (including phenoxy) is 3. The minimum absolute atomic E-state index is 0.0311. The SMILES string of the molecule is Cc1cc(NC(=O)OC(C)(C)C)cc(-c2nc3c4c(nc(S(C)(=O)=O)nc4c2F)N2C[C@H]4CC[C@@H]([C@H]2CCO3)N4C(=O)OC(C)(C)C)c1C(F)(F)F. The van der Waals surface area contributed by atoms with Gasteiger partial charge in [-0.1, -0.05) is 0 Å². The normalized spacial score (nSPS) is 20.5. The van der Waals surface area contributed by atoms with Gasteiger partial charge in [0.15, 0.2) is 5.82 Å². The largest absolute Gasteiger partial charge is 0.477 e. The third kappa shape index (κ3) is 7.13. The molecule has 2 fully saturated rings. The van der Waals surface area contributed by atoms with Crippen molar-refractivity contribution < 1.29 is 49.8 Å². The van der Waals surface area contributed by atoms with Gasteiger partial charge in [-0.15, -0.1) is 0 Å². The summed E-state index contributed by atoms with van der Waals surface area (Å²) in [6.45, 7) is 11.4. The first-order chi connectivity index (χ1) is 23.9. The number of alkyl halides is 3. The zero-order valence-corrected chi connectivity index (χ0v) is 30.8. The number of fused-ring (bicyclic) bond motifs is 5. The van der Waals surface area contributed by atoms with Gasteiger partial charge >= 0.3 is 18.4 Å². The summed E-state index contributed by atoms with van der Waals surface area (Å²) in [5.74, 6) is -1.70. The Morgan fingerprint density at radius 1 is 0.962 bits per heavy atom. The fourth-order valence-corrected chi connectivity index (χ4v) is 7.62. The summed E-state index contributed by atoms with van der Waals surface area (Å²) < 4.78 is 104. The summed E-state index contributed by atoms with van der Waals surface area (Å²) in [7, 11) is -4.20. The summed E-state index contributed by atoms with van der Waals surface area (Å²) in [5, 5.41) is 1.51. The van der Waals surface area contributed by atoms with Crippen molar-refractivity contribution >= 4 is 44.4 Å². The zero-order chi connectivity index (χ0) is 38.3. The Bertz CT molecular complexity index is 2080. The minimum atomic E-state index is -5.01. The molecule has 2 bridgehead atoms. The number of rotatable bonds is 3. The van der Waals surface area contributed by atoms with Crippen LogP contribution in [0.4, 0.5) is 38.7 Å². The van der Waals surface area contributed by atoms with Crippen molar-refractivity contribution in [3.63, 3.8) is 0 Å². The third-order valence-corrected chi connectivity index (χ3v) is 9.74. The molecule has 0 radical (unpaired) electrons. The van der Waals surface area contributed by atoms with Gasteiger partial charge in [0.1, 0.15) is 33.6 Å². The first-order valence-electron chi connectivity index (χ1n) is 16.7. The van der Waals surface area contributed by atoms with Crippen LogP contribution in [0.1, 0.15) is 71.9 Å². The van der Waals surface area contributed by atoms with Crippen LogP contribution >= 0.6 is 0 Å². The number of benzene rings is 1. The number of aromatic nitrogens is 3. The number of halogens is 4. The van der Waals surface area contributed by atoms with Gasteiger partial charge in [-0.05, 0) is 79.0 Å². The summed E-state index contributed by atoms with van der Waals surface area (Å²) in [6, 6.07) is 0.762. The van der Waals surface area contributed by atoms with Crippen LogP contribution in [0.25, 0.3) is 22.2 Å². The van der Waals surface area contributed by atoms with Gasteiger partial charge in [-0.3, -0.25) is 10.2 Å². The number of carbonyl (C=O) groups is 2. The van der Waals surface area contributed by atoms with Crippen LogP contribution in [0.15, 0.2) is 17.3 Å². The van der Waals surface area contributed by atoms with E-state index in [0.29, 0.717) is 12.8 Å². The fourth-order valence-electron chi connectivity index (χ4n) is 7.11. The van der Waals surface area contributed by atoms with Crippen LogP contribution in [0, 0.1) is 12.7 Å². The van der Waals surface area contributed by atoms with E-state index in [1.165, 1.54) is 0 Å². The van der Waals surface area contributed by atoms with Gasteiger partial charge < -0.3 is 19.1 Å². The lowest BCUT2D eigenvalue weighted by Gasteiger charge is -2.48. The molecule has 5 heterocycles. The molecule has 52 heavy (non-hydrogen) atoms. The highest BCUT2D eigenvalue weighted by Gasteiger charge is 2.51. The van der Waals surface area contributed by atoms with Gasteiger partial charge in [-0.2, -0.15) is 13.2 Å². The van der Waals surface area contributed by atoms with Gasteiger partial charge in [0.2, 0.25) is 20.9 Å². The second-order valence-electron chi connectivity index (χ2n) is 15.3. The molecular formula is C34H40F4N6O7S. The van der Waals surface area contributed by atoms with Gasteiger partial charge in [0.05, 0.1) is 30.3 Å². The van der Waals surface area contributed by atoms with Crippen molar-refractivity contribution in [1.29, 1.82) is 0 Å². The van der Waals surface area contributed by atoms with E-state index in [9.17, 15) is 31.2 Å². The average Bonchev–Trinajstić information content (AvgIpc) is 3.29. The quantitative estimate of drug-likeness (QED) is 0.226. The number of hydrogen-bond donors (Lipinski definition) is 1. The molecule has 0 saturated carbocycles. The maximum absolute atomic E-state index is 16.9. The van der Waals surface area contributed by atoms with E-state index in [-0.39, 0.29) is 60.0 Å². The molecule has 1 N–H and O–H groups in total. The van der Waals surface area contributed by atoms with E-state index in [1.54, 1.807) is 51.3 Å². The number of piperazine rings is 1. The van der Waals surface area contributed by atoms with Gasteiger partial charge in [0.25, 0.3) is 0 Å². The number of sulfone groups is 1. The van der Waals surface area contributed by atoms with Crippen molar-refractivity contribution in [1.82, 2.24) is 19.9 Å². The number of nitrogens with one attached hydrogen (secondary N) is 1. The standard InChI is InChI=1S/C34H40F4N6O7S/c1-16-13-17(39-30(45)50-32(2,3)4)14-19(23(16)34(36,37)38)25-24(35)26-22-27(42-29(41-26)52(8,47)48)43-15-18-9-10-21(20(43)11-12-49-28(22)40-25)44(18)31(46)51-33(5,6)7/h13-14,18,20-21H,9-12,15H2,1-8H3,(H,39,45)/t18-,20-,21+/m1/s1. The van der Waals surface area contributed by atoms with Crippen LogP contribution in [-0.2, 0) is 25.5 Å². The number of hydrogen-bond acceptors (Lipinski definition) is 11. The van der Waals surface area contributed by atoms with Crippen molar-refractivity contribution in [2.45, 2.75) is 108 Å². The van der Waals surface area contributed by atoms with Gasteiger partial charge in [0, 0.05) is 30.5 Å². The van der Waals surface area contributed by atoms with Crippen LogP contribution in [0.5, 0.6) is 5.88 Å². The van der Waals surface area contributed by atoms with E-state index >= 15 is 4.39 Å². The second kappa shape index (κ2) is 12.6. The van der Waals surface area contributed by atoms with Crippen molar-refractivity contribution in [3.05, 3.63) is 29.1 Å². The Labute approximate surface area is 297 Å². The molecule has 3 atom stereocenters. The molecule has 18 heteroatoms. The molecule has 13 nitrogen and oxygen atoms in total. The fraction of sp³-hybridized carbons (Fsp3) is 0.559.